The molecule has 1 saturated carbocycles. The van der Waals surface area contributed by atoms with Gasteiger partial charge in [0.05, 0.1) is 0 Å². The first-order valence-electron chi connectivity index (χ1n) is 7.94. The third-order valence-electron chi connectivity index (χ3n) is 4.66. The molecule has 1 aromatic rings. The summed E-state index contributed by atoms with van der Waals surface area (Å²) in [6.07, 6.45) is -1.40. The maximum Gasteiger partial charge on any atom is 0.573 e. The summed E-state index contributed by atoms with van der Waals surface area (Å²) in [5.41, 5.74) is 0.642. The SMILES string of the molecule is Cl.Cl.FC(F)(F)Oc1ccc(Br)cc1[C@@H](C1CCC1)N1CCNCC1. The zero-order valence-electron chi connectivity index (χ0n) is 13.5. The van der Waals surface area contributed by atoms with Crippen molar-refractivity contribution in [1.29, 1.82) is 0 Å². The molecule has 1 aliphatic carbocycles. The van der Waals surface area contributed by atoms with E-state index in [0.29, 0.717) is 11.5 Å². The Morgan fingerprint density at radius 2 is 1.80 bits per heavy atom. The van der Waals surface area contributed by atoms with Gasteiger partial charge in [0, 0.05) is 42.3 Å². The second-order valence-corrected chi connectivity index (χ2v) is 7.07. The largest absolute Gasteiger partial charge is 0.573 e. The van der Waals surface area contributed by atoms with Crippen LogP contribution in [0.1, 0.15) is 30.9 Å². The van der Waals surface area contributed by atoms with Gasteiger partial charge in [-0.05, 0) is 37.0 Å². The highest BCUT2D eigenvalue weighted by Crippen LogP contribution is 2.45. The topological polar surface area (TPSA) is 24.5 Å². The number of rotatable bonds is 4. The summed E-state index contributed by atoms with van der Waals surface area (Å²) in [5, 5.41) is 3.30. The van der Waals surface area contributed by atoms with E-state index < -0.39 is 6.36 Å². The summed E-state index contributed by atoms with van der Waals surface area (Å²) in [4.78, 5) is 2.30. The molecule has 0 unspecified atom stereocenters. The highest BCUT2D eigenvalue weighted by Gasteiger charge is 2.38. The van der Waals surface area contributed by atoms with E-state index in [1.165, 1.54) is 6.07 Å². The highest BCUT2D eigenvalue weighted by molar-refractivity contribution is 9.10. The van der Waals surface area contributed by atoms with Gasteiger partial charge >= 0.3 is 6.36 Å². The average Bonchev–Trinajstić information content (AvgIpc) is 2.44. The lowest BCUT2D eigenvalue weighted by atomic mass is 9.76. The number of nitrogens with zero attached hydrogens (tertiary/aromatic N) is 1. The van der Waals surface area contributed by atoms with Crippen molar-refractivity contribution in [2.75, 3.05) is 26.2 Å². The minimum Gasteiger partial charge on any atom is -0.405 e. The van der Waals surface area contributed by atoms with Crippen LogP contribution in [-0.4, -0.2) is 37.4 Å². The molecular formula is C16H22BrCl2F3N2O. The van der Waals surface area contributed by atoms with E-state index in [9.17, 15) is 13.2 Å². The molecule has 9 heteroatoms. The van der Waals surface area contributed by atoms with Crippen molar-refractivity contribution in [3.05, 3.63) is 28.2 Å². The molecule has 2 aliphatic rings. The van der Waals surface area contributed by atoms with Gasteiger partial charge in [-0.15, -0.1) is 38.0 Å². The van der Waals surface area contributed by atoms with E-state index in [2.05, 4.69) is 30.9 Å². The van der Waals surface area contributed by atoms with Crippen molar-refractivity contribution in [1.82, 2.24) is 10.2 Å². The van der Waals surface area contributed by atoms with Crippen molar-refractivity contribution in [2.45, 2.75) is 31.7 Å². The molecule has 1 heterocycles. The zero-order valence-corrected chi connectivity index (χ0v) is 16.7. The van der Waals surface area contributed by atoms with Gasteiger partial charge in [0.25, 0.3) is 0 Å². The predicted octanol–water partition coefficient (Wildman–Crippen LogP) is 4.94. The molecule has 0 radical (unpaired) electrons. The molecule has 0 bridgehead atoms. The van der Waals surface area contributed by atoms with Crippen LogP contribution < -0.4 is 10.1 Å². The van der Waals surface area contributed by atoms with E-state index >= 15 is 0 Å². The van der Waals surface area contributed by atoms with Gasteiger partial charge < -0.3 is 10.1 Å². The smallest absolute Gasteiger partial charge is 0.405 e. The summed E-state index contributed by atoms with van der Waals surface area (Å²) in [5.74, 6) is 0.328. The van der Waals surface area contributed by atoms with Gasteiger partial charge in [0.2, 0.25) is 0 Å². The number of hydrogen-bond acceptors (Lipinski definition) is 3. The number of piperazine rings is 1. The number of halogens is 6. The molecule has 1 aromatic carbocycles. The van der Waals surface area contributed by atoms with E-state index in [1.807, 2.05) is 0 Å². The molecule has 3 nitrogen and oxygen atoms in total. The normalized spacial score (nSPS) is 20.0. The number of benzene rings is 1. The van der Waals surface area contributed by atoms with Crippen molar-refractivity contribution < 1.29 is 17.9 Å². The summed E-state index contributed by atoms with van der Waals surface area (Å²) in [7, 11) is 0. The van der Waals surface area contributed by atoms with Crippen molar-refractivity contribution in [3.63, 3.8) is 0 Å². The van der Waals surface area contributed by atoms with Crippen LogP contribution in [0.25, 0.3) is 0 Å². The minimum atomic E-state index is -4.67. The third-order valence-corrected chi connectivity index (χ3v) is 5.15. The maximum atomic E-state index is 12.8. The average molecular weight is 466 g/mol. The van der Waals surface area contributed by atoms with Crippen LogP contribution in [0.15, 0.2) is 22.7 Å². The summed E-state index contributed by atoms with van der Waals surface area (Å²) in [6, 6.07) is 4.79. The van der Waals surface area contributed by atoms with Crippen LogP contribution in [0.5, 0.6) is 5.75 Å². The Balaban J connectivity index is 0.00000156. The quantitative estimate of drug-likeness (QED) is 0.681. The van der Waals surface area contributed by atoms with Crippen molar-refractivity contribution in [2.24, 2.45) is 5.92 Å². The van der Waals surface area contributed by atoms with E-state index in [4.69, 9.17) is 0 Å². The van der Waals surface area contributed by atoms with E-state index in [-0.39, 0.29) is 36.6 Å². The minimum absolute atomic E-state index is 0. The second kappa shape index (κ2) is 9.65. The van der Waals surface area contributed by atoms with Crippen LogP contribution in [-0.2, 0) is 0 Å². The van der Waals surface area contributed by atoms with Crippen LogP contribution >= 0.6 is 40.7 Å². The molecule has 144 valence electrons. The molecule has 0 spiro atoms. The predicted molar refractivity (Wildman–Crippen MR) is 99.8 cm³/mol. The number of nitrogens with one attached hydrogen (secondary N) is 1. The standard InChI is InChI=1S/C16H20BrF3N2O.2ClH/c17-12-4-5-14(23-16(18,19)20)13(10-12)15(11-2-1-3-11)22-8-6-21-7-9-22;;/h4-5,10-11,15,21H,1-3,6-9H2;2*1H/t15-;;/m1../s1. The molecule has 1 N–H and O–H groups in total. The molecule has 25 heavy (non-hydrogen) atoms. The highest BCUT2D eigenvalue weighted by atomic mass is 79.9. The maximum absolute atomic E-state index is 12.8. The molecule has 1 atom stereocenters. The molecule has 2 fully saturated rings. The van der Waals surface area contributed by atoms with E-state index in [1.54, 1.807) is 12.1 Å². The van der Waals surface area contributed by atoms with E-state index in [0.717, 1.165) is 49.9 Å². The Labute approximate surface area is 166 Å². The Kier molecular flexibility index (Phi) is 8.81. The monoisotopic (exact) mass is 464 g/mol. The lowest BCUT2D eigenvalue weighted by molar-refractivity contribution is -0.275. The fourth-order valence-corrected chi connectivity index (χ4v) is 3.81. The molecule has 3 rings (SSSR count). The van der Waals surface area contributed by atoms with Crippen LogP contribution in [0.2, 0.25) is 0 Å². The third kappa shape index (κ3) is 5.89. The Morgan fingerprint density at radius 1 is 1.16 bits per heavy atom. The first-order chi connectivity index (χ1) is 10.9. The van der Waals surface area contributed by atoms with Crippen LogP contribution in [0, 0.1) is 5.92 Å². The van der Waals surface area contributed by atoms with Crippen LogP contribution in [0.4, 0.5) is 13.2 Å². The van der Waals surface area contributed by atoms with Gasteiger partial charge in [-0.2, -0.15) is 0 Å². The van der Waals surface area contributed by atoms with Gasteiger partial charge in [-0.3, -0.25) is 4.90 Å². The molecule has 1 saturated heterocycles. The van der Waals surface area contributed by atoms with Crippen molar-refractivity contribution in [3.8, 4) is 5.75 Å². The Bertz CT molecular complexity index is 553. The number of ether oxygens (including phenoxy) is 1. The number of hydrogen-bond donors (Lipinski definition) is 1. The first kappa shape index (κ1) is 22.8. The summed E-state index contributed by atoms with van der Waals surface area (Å²) >= 11 is 3.39. The molecular weight excluding hydrogens is 444 g/mol. The lowest BCUT2D eigenvalue weighted by Gasteiger charge is -2.43. The first-order valence-corrected chi connectivity index (χ1v) is 8.73. The van der Waals surface area contributed by atoms with Gasteiger partial charge in [0.1, 0.15) is 5.75 Å². The summed E-state index contributed by atoms with van der Waals surface area (Å²) < 4.78 is 43.4. The van der Waals surface area contributed by atoms with Gasteiger partial charge in [-0.1, -0.05) is 22.4 Å². The molecule has 0 amide bonds. The Morgan fingerprint density at radius 3 is 2.32 bits per heavy atom. The fourth-order valence-electron chi connectivity index (χ4n) is 3.43. The Hall–Kier alpha value is -0.210. The lowest BCUT2D eigenvalue weighted by Crippen LogP contribution is -2.48. The second-order valence-electron chi connectivity index (χ2n) is 6.15. The molecule has 0 aromatic heterocycles. The van der Waals surface area contributed by atoms with Gasteiger partial charge in [0.15, 0.2) is 0 Å². The van der Waals surface area contributed by atoms with Crippen molar-refractivity contribution >= 4 is 40.7 Å². The fraction of sp³-hybridized carbons (Fsp3) is 0.625. The van der Waals surface area contributed by atoms with Gasteiger partial charge in [-0.25, -0.2) is 0 Å². The molecule has 1 aliphatic heterocycles. The number of alkyl halides is 3. The summed E-state index contributed by atoms with van der Waals surface area (Å²) in [6.45, 7) is 3.43. The van der Waals surface area contributed by atoms with Crippen LogP contribution in [0.3, 0.4) is 0 Å². The zero-order chi connectivity index (χ0) is 16.4.